The number of aromatic nitrogens is 4. The molecule has 4 aromatic rings. The van der Waals surface area contributed by atoms with E-state index in [1.165, 1.54) is 0 Å². The molecule has 0 radical (unpaired) electrons. The van der Waals surface area contributed by atoms with Crippen molar-refractivity contribution in [3.05, 3.63) is 71.7 Å². The molecule has 1 aliphatic carbocycles. The molecule has 0 spiro atoms. The van der Waals surface area contributed by atoms with Crippen LogP contribution in [0.4, 0.5) is 5.82 Å². The molecule has 0 amide bonds. The molecule has 0 unspecified atom stereocenters. The van der Waals surface area contributed by atoms with Gasteiger partial charge in [-0.05, 0) is 51.0 Å². The molecule has 33 heavy (non-hydrogen) atoms. The topological polar surface area (TPSA) is 102 Å². The molecule has 1 saturated carbocycles. The van der Waals surface area contributed by atoms with Gasteiger partial charge < -0.3 is 5.32 Å². The number of fused-ring (bicyclic) bond motifs is 1. The fraction of sp³-hybridized carbons (Fsp3) is 0.292. The lowest BCUT2D eigenvalue weighted by Crippen LogP contribution is -2.29. The van der Waals surface area contributed by atoms with Crippen molar-refractivity contribution in [1.82, 2.24) is 24.5 Å². The summed E-state index contributed by atoms with van der Waals surface area (Å²) in [5, 5.41) is 8.89. The first-order valence-corrected chi connectivity index (χ1v) is 12.5. The largest absolute Gasteiger partial charge is 0.368 e. The highest BCUT2D eigenvalue weighted by Crippen LogP contribution is 2.40. The maximum Gasteiger partial charge on any atom is 0.240 e. The Hall–Kier alpha value is -3.30. The molecule has 2 heterocycles. The van der Waals surface area contributed by atoms with Crippen molar-refractivity contribution in [1.29, 1.82) is 0 Å². The summed E-state index contributed by atoms with van der Waals surface area (Å²) in [6, 6.07) is 16.7. The maximum absolute atomic E-state index is 12.6. The van der Waals surface area contributed by atoms with Crippen molar-refractivity contribution < 1.29 is 8.42 Å². The summed E-state index contributed by atoms with van der Waals surface area (Å²) in [5.41, 5.74) is 3.53. The van der Waals surface area contributed by atoms with Gasteiger partial charge >= 0.3 is 0 Å². The van der Waals surface area contributed by atoms with Crippen LogP contribution in [0, 0.1) is 13.8 Å². The fourth-order valence-corrected chi connectivity index (χ4v) is 4.80. The number of hydrogen-bond donors (Lipinski definition) is 2. The standard InChI is InChI=1S/C24H26N6O2S/c1-16-8-12-20(13-9-16)33(31,32)26-15-14-25-23-21-17(2)29-30(19-6-4-3-5-7-19)24(21)28-22(27-23)18-10-11-18/h3-9,12-13,18,26H,10-11,14-15H2,1-2H3,(H,25,27,28). The Bertz CT molecular complexity index is 1390. The van der Waals surface area contributed by atoms with Crippen LogP contribution in [-0.4, -0.2) is 41.3 Å². The second-order valence-corrected chi connectivity index (χ2v) is 10.1. The zero-order valence-corrected chi connectivity index (χ0v) is 19.4. The van der Waals surface area contributed by atoms with Crippen molar-refractivity contribution in [2.75, 3.05) is 18.4 Å². The zero-order valence-electron chi connectivity index (χ0n) is 18.6. The normalized spacial score (nSPS) is 14.0. The maximum atomic E-state index is 12.6. The Balaban J connectivity index is 1.39. The average Bonchev–Trinajstić information content (AvgIpc) is 3.61. The van der Waals surface area contributed by atoms with Crippen LogP contribution < -0.4 is 10.0 Å². The number of nitrogens with one attached hydrogen (secondary N) is 2. The number of para-hydroxylation sites is 1. The minimum Gasteiger partial charge on any atom is -0.368 e. The molecular formula is C24H26N6O2S. The summed E-state index contributed by atoms with van der Waals surface area (Å²) in [6.45, 7) is 4.48. The Morgan fingerprint density at radius 3 is 2.39 bits per heavy atom. The van der Waals surface area contributed by atoms with Crippen LogP contribution in [-0.2, 0) is 10.0 Å². The van der Waals surface area contributed by atoms with Crippen molar-refractivity contribution in [3.63, 3.8) is 0 Å². The highest BCUT2D eigenvalue weighted by molar-refractivity contribution is 7.89. The van der Waals surface area contributed by atoms with Gasteiger partial charge in [0.05, 0.1) is 21.7 Å². The third-order valence-corrected chi connectivity index (χ3v) is 7.18. The van der Waals surface area contributed by atoms with Gasteiger partial charge in [0.1, 0.15) is 11.6 Å². The van der Waals surface area contributed by atoms with E-state index >= 15 is 0 Å². The van der Waals surface area contributed by atoms with E-state index in [0.717, 1.165) is 46.6 Å². The number of anilines is 1. The molecular weight excluding hydrogens is 436 g/mol. The van der Waals surface area contributed by atoms with Gasteiger partial charge in [0.25, 0.3) is 0 Å². The number of aryl methyl sites for hydroxylation is 2. The van der Waals surface area contributed by atoms with Gasteiger partial charge in [0.2, 0.25) is 10.0 Å². The average molecular weight is 463 g/mol. The van der Waals surface area contributed by atoms with Crippen LogP contribution in [0.15, 0.2) is 59.5 Å². The SMILES string of the molecule is Cc1ccc(S(=O)(=O)NCCNc2nc(C3CC3)nc3c2c(C)nn3-c2ccccc2)cc1. The van der Waals surface area contributed by atoms with E-state index in [2.05, 4.69) is 10.0 Å². The first-order chi connectivity index (χ1) is 15.9. The summed E-state index contributed by atoms with van der Waals surface area (Å²) in [5.74, 6) is 1.87. The predicted octanol–water partition coefficient (Wildman–Crippen LogP) is 3.70. The molecule has 9 heteroatoms. The van der Waals surface area contributed by atoms with E-state index in [4.69, 9.17) is 15.1 Å². The number of nitrogens with zero attached hydrogens (tertiary/aromatic N) is 4. The van der Waals surface area contributed by atoms with Crippen LogP contribution in [0.25, 0.3) is 16.7 Å². The van der Waals surface area contributed by atoms with Crippen molar-refractivity contribution >= 4 is 26.9 Å². The second kappa shape index (κ2) is 8.57. The van der Waals surface area contributed by atoms with Crippen molar-refractivity contribution in [3.8, 4) is 5.69 Å². The van der Waals surface area contributed by atoms with Gasteiger partial charge in [0, 0.05) is 19.0 Å². The highest BCUT2D eigenvalue weighted by atomic mass is 32.2. The van der Waals surface area contributed by atoms with Crippen molar-refractivity contribution in [2.24, 2.45) is 0 Å². The summed E-state index contributed by atoms with van der Waals surface area (Å²) in [6.07, 6.45) is 2.17. The van der Waals surface area contributed by atoms with Crippen LogP contribution in [0.3, 0.4) is 0 Å². The zero-order chi connectivity index (χ0) is 23.0. The van der Waals surface area contributed by atoms with E-state index in [0.29, 0.717) is 18.3 Å². The number of rotatable bonds is 8. The molecule has 8 nitrogen and oxygen atoms in total. The summed E-state index contributed by atoms with van der Waals surface area (Å²) >= 11 is 0. The third kappa shape index (κ3) is 4.46. The molecule has 2 N–H and O–H groups in total. The van der Waals surface area contributed by atoms with E-state index in [1.54, 1.807) is 24.3 Å². The van der Waals surface area contributed by atoms with E-state index in [-0.39, 0.29) is 11.4 Å². The van der Waals surface area contributed by atoms with Gasteiger partial charge in [-0.3, -0.25) is 0 Å². The van der Waals surface area contributed by atoms with Crippen LogP contribution >= 0.6 is 0 Å². The molecule has 5 rings (SSSR count). The first-order valence-electron chi connectivity index (χ1n) is 11.1. The molecule has 0 aliphatic heterocycles. The summed E-state index contributed by atoms with van der Waals surface area (Å²) in [7, 11) is -3.56. The molecule has 170 valence electrons. The molecule has 1 aliphatic rings. The molecule has 2 aromatic carbocycles. The number of sulfonamides is 1. The van der Waals surface area contributed by atoms with Gasteiger partial charge in [0.15, 0.2) is 5.65 Å². The Kier molecular flexibility index (Phi) is 5.59. The minimum absolute atomic E-state index is 0.229. The Morgan fingerprint density at radius 2 is 1.70 bits per heavy atom. The van der Waals surface area contributed by atoms with Gasteiger partial charge in [-0.2, -0.15) is 5.10 Å². The smallest absolute Gasteiger partial charge is 0.240 e. The van der Waals surface area contributed by atoms with E-state index < -0.39 is 10.0 Å². The number of benzene rings is 2. The quantitative estimate of drug-likeness (QED) is 0.387. The molecule has 0 bridgehead atoms. The summed E-state index contributed by atoms with van der Waals surface area (Å²) < 4.78 is 29.6. The van der Waals surface area contributed by atoms with Crippen molar-refractivity contribution in [2.45, 2.75) is 37.5 Å². The predicted molar refractivity (Wildman–Crippen MR) is 128 cm³/mol. The fourth-order valence-electron chi connectivity index (χ4n) is 3.77. The minimum atomic E-state index is -3.56. The van der Waals surface area contributed by atoms with Crippen LogP contribution in [0.5, 0.6) is 0 Å². The summed E-state index contributed by atoms with van der Waals surface area (Å²) in [4.78, 5) is 9.88. The Morgan fingerprint density at radius 1 is 0.970 bits per heavy atom. The van der Waals surface area contributed by atoms with Gasteiger partial charge in [-0.25, -0.2) is 27.8 Å². The Labute approximate surface area is 193 Å². The molecule has 0 atom stereocenters. The number of hydrogen-bond acceptors (Lipinski definition) is 6. The first kappa shape index (κ1) is 21.5. The van der Waals surface area contributed by atoms with E-state index in [9.17, 15) is 8.42 Å². The monoisotopic (exact) mass is 462 g/mol. The molecule has 2 aromatic heterocycles. The lowest BCUT2D eigenvalue weighted by molar-refractivity contribution is 0.583. The molecule has 0 saturated heterocycles. The van der Waals surface area contributed by atoms with Gasteiger partial charge in [-0.15, -0.1) is 0 Å². The van der Waals surface area contributed by atoms with Crippen LogP contribution in [0.1, 0.15) is 35.8 Å². The lowest BCUT2D eigenvalue weighted by Gasteiger charge is -2.11. The molecule has 1 fully saturated rings. The highest BCUT2D eigenvalue weighted by Gasteiger charge is 2.29. The third-order valence-electron chi connectivity index (χ3n) is 5.70. The lowest BCUT2D eigenvalue weighted by atomic mass is 10.2. The van der Waals surface area contributed by atoms with Crippen LogP contribution in [0.2, 0.25) is 0 Å². The van der Waals surface area contributed by atoms with E-state index in [1.807, 2.05) is 48.9 Å². The second-order valence-electron chi connectivity index (χ2n) is 8.37. The van der Waals surface area contributed by atoms with Gasteiger partial charge in [-0.1, -0.05) is 35.9 Å².